The minimum Gasteiger partial charge on any atom is -0.494 e. The lowest BCUT2D eigenvalue weighted by Crippen LogP contribution is -2.08. The lowest BCUT2D eigenvalue weighted by molar-refractivity contribution is 0.318. The SMILES string of the molecule is Cc1ccc(OCCCSc2ncnc3sc4c(c23)CC[C@H](C)C4)cc1. The first-order valence-corrected chi connectivity index (χ1v) is 11.1. The van der Waals surface area contributed by atoms with Gasteiger partial charge in [0.15, 0.2) is 0 Å². The zero-order valence-corrected chi connectivity index (χ0v) is 17.0. The summed E-state index contributed by atoms with van der Waals surface area (Å²) in [6.45, 7) is 5.18. The normalized spacial score (nSPS) is 16.6. The summed E-state index contributed by atoms with van der Waals surface area (Å²) in [5.74, 6) is 2.75. The van der Waals surface area contributed by atoms with Crippen LogP contribution in [0, 0.1) is 12.8 Å². The van der Waals surface area contributed by atoms with Crippen molar-refractivity contribution in [2.24, 2.45) is 5.92 Å². The van der Waals surface area contributed by atoms with E-state index >= 15 is 0 Å². The summed E-state index contributed by atoms with van der Waals surface area (Å²) in [6.07, 6.45) is 6.38. The maximum Gasteiger partial charge on any atom is 0.128 e. The van der Waals surface area contributed by atoms with Gasteiger partial charge in [0, 0.05) is 16.0 Å². The van der Waals surface area contributed by atoms with Crippen LogP contribution in [0.2, 0.25) is 0 Å². The molecule has 0 saturated carbocycles. The van der Waals surface area contributed by atoms with Gasteiger partial charge in [0.1, 0.15) is 21.9 Å². The van der Waals surface area contributed by atoms with Crippen LogP contribution in [-0.4, -0.2) is 22.3 Å². The van der Waals surface area contributed by atoms with Gasteiger partial charge in [-0.15, -0.1) is 23.1 Å². The predicted octanol–water partition coefficient (Wildman–Crippen LogP) is 5.69. The summed E-state index contributed by atoms with van der Waals surface area (Å²) in [5.41, 5.74) is 2.77. The van der Waals surface area contributed by atoms with E-state index < -0.39 is 0 Å². The average molecular weight is 385 g/mol. The van der Waals surface area contributed by atoms with E-state index in [0.29, 0.717) is 0 Å². The maximum absolute atomic E-state index is 5.83. The molecule has 4 rings (SSSR count). The van der Waals surface area contributed by atoms with Crippen LogP contribution in [0.4, 0.5) is 0 Å². The van der Waals surface area contributed by atoms with E-state index in [9.17, 15) is 0 Å². The van der Waals surface area contributed by atoms with Crippen LogP contribution in [-0.2, 0) is 12.8 Å². The fourth-order valence-electron chi connectivity index (χ4n) is 3.41. The number of hydrogen-bond acceptors (Lipinski definition) is 5. The second kappa shape index (κ2) is 7.97. The Morgan fingerprint density at radius 2 is 2.08 bits per heavy atom. The van der Waals surface area contributed by atoms with Crippen LogP contribution < -0.4 is 4.74 Å². The first-order chi connectivity index (χ1) is 12.7. The first-order valence-electron chi connectivity index (χ1n) is 9.28. The zero-order valence-electron chi connectivity index (χ0n) is 15.3. The van der Waals surface area contributed by atoms with Crippen molar-refractivity contribution in [3.63, 3.8) is 0 Å². The monoisotopic (exact) mass is 384 g/mol. The number of rotatable bonds is 6. The molecule has 2 aromatic heterocycles. The number of thioether (sulfide) groups is 1. The number of thiophene rings is 1. The van der Waals surface area contributed by atoms with E-state index in [1.165, 1.54) is 40.7 Å². The maximum atomic E-state index is 5.83. The van der Waals surface area contributed by atoms with Crippen molar-refractivity contribution < 1.29 is 4.74 Å². The van der Waals surface area contributed by atoms with Gasteiger partial charge in [-0.25, -0.2) is 9.97 Å². The Hall–Kier alpha value is -1.59. The van der Waals surface area contributed by atoms with Crippen molar-refractivity contribution in [1.29, 1.82) is 0 Å². The number of fused-ring (bicyclic) bond motifs is 3. The van der Waals surface area contributed by atoms with Crippen LogP contribution in [0.15, 0.2) is 35.6 Å². The third-order valence-electron chi connectivity index (χ3n) is 4.87. The molecule has 0 radical (unpaired) electrons. The molecule has 26 heavy (non-hydrogen) atoms. The van der Waals surface area contributed by atoms with E-state index in [-0.39, 0.29) is 0 Å². The number of hydrogen-bond donors (Lipinski definition) is 0. The summed E-state index contributed by atoms with van der Waals surface area (Å²) >= 11 is 3.71. The molecular formula is C21H24N2OS2. The van der Waals surface area contributed by atoms with Crippen LogP contribution in [0.1, 0.15) is 35.8 Å². The Labute approximate surface area is 163 Å². The van der Waals surface area contributed by atoms with Crippen LogP contribution in [0.5, 0.6) is 5.75 Å². The fraction of sp³-hybridized carbons (Fsp3) is 0.429. The topological polar surface area (TPSA) is 35.0 Å². The van der Waals surface area contributed by atoms with Crippen LogP contribution in [0.25, 0.3) is 10.2 Å². The highest BCUT2D eigenvalue weighted by molar-refractivity contribution is 7.99. The molecular weight excluding hydrogens is 360 g/mol. The highest BCUT2D eigenvalue weighted by atomic mass is 32.2. The number of ether oxygens (including phenoxy) is 1. The van der Waals surface area contributed by atoms with Gasteiger partial charge in [0.25, 0.3) is 0 Å². The molecule has 1 aliphatic rings. The Bertz CT molecular complexity index is 889. The average Bonchev–Trinajstić information content (AvgIpc) is 3.01. The molecule has 5 heteroatoms. The van der Waals surface area contributed by atoms with E-state index in [1.807, 2.05) is 35.2 Å². The molecule has 0 N–H and O–H groups in total. The Morgan fingerprint density at radius 3 is 2.92 bits per heavy atom. The molecule has 0 amide bonds. The summed E-state index contributed by atoms with van der Waals surface area (Å²) < 4.78 is 5.83. The van der Waals surface area contributed by atoms with Gasteiger partial charge >= 0.3 is 0 Å². The van der Waals surface area contributed by atoms with E-state index in [0.717, 1.165) is 40.3 Å². The molecule has 0 fully saturated rings. The number of aromatic nitrogens is 2. The molecule has 0 saturated heterocycles. The van der Waals surface area contributed by atoms with Crippen molar-refractivity contribution in [2.75, 3.05) is 12.4 Å². The lowest BCUT2D eigenvalue weighted by atomic mass is 9.89. The van der Waals surface area contributed by atoms with E-state index in [1.54, 1.807) is 6.33 Å². The van der Waals surface area contributed by atoms with Crippen LogP contribution >= 0.6 is 23.1 Å². The molecule has 1 atom stereocenters. The second-order valence-electron chi connectivity index (χ2n) is 7.07. The number of aryl methyl sites for hydroxylation is 2. The van der Waals surface area contributed by atoms with E-state index in [4.69, 9.17) is 4.74 Å². The van der Waals surface area contributed by atoms with Crippen molar-refractivity contribution in [1.82, 2.24) is 9.97 Å². The highest BCUT2D eigenvalue weighted by Gasteiger charge is 2.22. The molecule has 3 nitrogen and oxygen atoms in total. The first kappa shape index (κ1) is 17.8. The summed E-state index contributed by atoms with van der Waals surface area (Å²) in [4.78, 5) is 11.8. The van der Waals surface area contributed by atoms with Gasteiger partial charge in [0.05, 0.1) is 6.61 Å². The standard InChI is InChI=1S/C21H24N2OS2/c1-14-4-7-16(8-5-14)24-10-3-11-25-20-19-17-9-6-15(2)12-18(17)26-21(19)23-13-22-20/h4-5,7-8,13,15H,3,6,9-12H2,1-2H3/t15-/m0/s1. The summed E-state index contributed by atoms with van der Waals surface area (Å²) in [6, 6.07) is 8.24. The quantitative estimate of drug-likeness (QED) is 0.311. The van der Waals surface area contributed by atoms with Gasteiger partial charge in [-0.1, -0.05) is 24.6 Å². The van der Waals surface area contributed by atoms with Crippen molar-refractivity contribution in [3.05, 3.63) is 46.6 Å². The van der Waals surface area contributed by atoms with Crippen LogP contribution in [0.3, 0.4) is 0 Å². The van der Waals surface area contributed by atoms with Crippen molar-refractivity contribution >= 4 is 33.3 Å². The summed E-state index contributed by atoms with van der Waals surface area (Å²) in [5, 5.41) is 2.47. The van der Waals surface area contributed by atoms with Gasteiger partial charge in [0.2, 0.25) is 0 Å². The third-order valence-corrected chi connectivity index (χ3v) is 7.11. The minimum absolute atomic E-state index is 0.740. The smallest absolute Gasteiger partial charge is 0.128 e. The minimum atomic E-state index is 0.740. The number of benzene rings is 1. The Balaban J connectivity index is 1.37. The highest BCUT2D eigenvalue weighted by Crippen LogP contribution is 2.40. The molecule has 136 valence electrons. The Kier molecular flexibility index (Phi) is 5.46. The largest absolute Gasteiger partial charge is 0.494 e. The molecule has 1 aromatic carbocycles. The molecule has 0 bridgehead atoms. The van der Waals surface area contributed by atoms with Gasteiger partial charge < -0.3 is 4.74 Å². The lowest BCUT2D eigenvalue weighted by Gasteiger charge is -2.18. The molecule has 2 heterocycles. The van der Waals surface area contributed by atoms with Gasteiger partial charge in [-0.3, -0.25) is 0 Å². The van der Waals surface area contributed by atoms with E-state index in [2.05, 4.69) is 35.9 Å². The molecule has 3 aromatic rings. The van der Waals surface area contributed by atoms with Gasteiger partial charge in [-0.05, 0) is 56.2 Å². The third kappa shape index (κ3) is 3.89. The van der Waals surface area contributed by atoms with Crippen molar-refractivity contribution in [2.45, 2.75) is 44.6 Å². The zero-order chi connectivity index (χ0) is 17.9. The Morgan fingerprint density at radius 1 is 1.23 bits per heavy atom. The second-order valence-corrected chi connectivity index (χ2v) is 9.24. The predicted molar refractivity (Wildman–Crippen MR) is 111 cm³/mol. The molecule has 0 unspecified atom stereocenters. The van der Waals surface area contributed by atoms with Crippen molar-refractivity contribution in [3.8, 4) is 5.75 Å². The summed E-state index contributed by atoms with van der Waals surface area (Å²) in [7, 11) is 0. The fourth-order valence-corrected chi connectivity index (χ4v) is 5.76. The molecule has 1 aliphatic carbocycles. The van der Waals surface area contributed by atoms with Gasteiger partial charge in [-0.2, -0.15) is 0 Å². The number of nitrogens with zero attached hydrogens (tertiary/aromatic N) is 2. The molecule has 0 spiro atoms. The molecule has 0 aliphatic heterocycles.